The second kappa shape index (κ2) is 7.49. The topological polar surface area (TPSA) is 97.2 Å². The molecule has 0 aromatic heterocycles. The molecule has 7 nitrogen and oxygen atoms in total. The van der Waals surface area contributed by atoms with Crippen molar-refractivity contribution in [2.75, 3.05) is 12.4 Å². The molecule has 2 N–H and O–H groups in total. The third kappa shape index (κ3) is 4.36. The zero-order valence-corrected chi connectivity index (χ0v) is 13.1. The maximum atomic E-state index is 13.0. The molecule has 0 spiro atoms. The SMILES string of the molecule is COC(=O)C(O)(c1ccc(NC(=O)O/N=C(/C)Cl)cc1)C(F)(F)F. The third-order valence-corrected chi connectivity index (χ3v) is 2.76. The highest BCUT2D eigenvalue weighted by molar-refractivity contribution is 6.64. The molecule has 0 fully saturated rings. The molecule has 0 saturated carbocycles. The molecule has 1 rings (SSSR count). The van der Waals surface area contributed by atoms with Gasteiger partial charge in [0.2, 0.25) is 0 Å². The minimum absolute atomic E-state index is 0.0283. The first-order chi connectivity index (χ1) is 11.0. The van der Waals surface area contributed by atoms with E-state index in [2.05, 4.69) is 20.0 Å². The summed E-state index contributed by atoms with van der Waals surface area (Å²) in [5.74, 6) is -1.89. The Morgan fingerprint density at radius 1 is 1.25 bits per heavy atom. The molecule has 0 heterocycles. The van der Waals surface area contributed by atoms with Gasteiger partial charge in [0.05, 0.1) is 7.11 Å². The Kier molecular flexibility index (Phi) is 6.16. The number of carbonyl (C=O) groups is 2. The molecule has 1 aromatic rings. The third-order valence-electron chi connectivity index (χ3n) is 2.69. The molecular weight excluding hydrogens is 357 g/mol. The summed E-state index contributed by atoms with van der Waals surface area (Å²) in [6.45, 7) is 1.36. The predicted molar refractivity (Wildman–Crippen MR) is 77.5 cm³/mol. The number of rotatable bonds is 4. The van der Waals surface area contributed by atoms with E-state index in [0.29, 0.717) is 7.11 Å². The van der Waals surface area contributed by atoms with E-state index < -0.39 is 29.4 Å². The number of benzene rings is 1. The Hall–Kier alpha value is -2.33. The molecule has 0 bridgehead atoms. The number of carbonyl (C=O) groups excluding carboxylic acids is 2. The normalized spacial score (nSPS) is 14.5. The van der Waals surface area contributed by atoms with Crippen molar-refractivity contribution in [3.05, 3.63) is 29.8 Å². The number of aliphatic hydroxyl groups is 1. The second-order valence-electron chi connectivity index (χ2n) is 4.37. The van der Waals surface area contributed by atoms with Gasteiger partial charge in [-0.2, -0.15) is 13.2 Å². The number of esters is 1. The second-order valence-corrected chi connectivity index (χ2v) is 4.92. The minimum atomic E-state index is -5.31. The van der Waals surface area contributed by atoms with Gasteiger partial charge in [-0.3, -0.25) is 10.2 Å². The zero-order valence-electron chi connectivity index (χ0n) is 12.3. The first kappa shape index (κ1) is 19.7. The van der Waals surface area contributed by atoms with Gasteiger partial charge in [-0.05, 0) is 19.1 Å². The van der Waals surface area contributed by atoms with Crippen LogP contribution in [0.15, 0.2) is 29.4 Å². The van der Waals surface area contributed by atoms with E-state index >= 15 is 0 Å². The zero-order chi connectivity index (χ0) is 18.5. The predicted octanol–water partition coefficient (Wildman–Crippen LogP) is 2.73. The Labute approximate surface area is 139 Å². The smallest absolute Gasteiger partial charge is 0.437 e. The van der Waals surface area contributed by atoms with Crippen LogP contribution in [-0.4, -0.2) is 35.6 Å². The van der Waals surface area contributed by atoms with Crippen molar-refractivity contribution in [3.8, 4) is 0 Å². The average molecular weight is 369 g/mol. The van der Waals surface area contributed by atoms with Crippen LogP contribution in [0.3, 0.4) is 0 Å². The fourth-order valence-corrected chi connectivity index (χ4v) is 1.62. The van der Waals surface area contributed by atoms with Crippen molar-refractivity contribution < 1.29 is 37.4 Å². The standard InChI is InChI=1S/C13H12ClF3N2O5/c1-7(14)19-24-11(21)18-9-5-3-8(4-6-9)12(22,10(20)23-2)13(15,16)17/h3-6,22H,1-2H3,(H,18,21)/b19-7-. The van der Waals surface area contributed by atoms with Crippen LogP contribution in [0.1, 0.15) is 12.5 Å². The van der Waals surface area contributed by atoms with Gasteiger partial charge < -0.3 is 9.84 Å². The minimum Gasteiger partial charge on any atom is -0.466 e. The van der Waals surface area contributed by atoms with Crippen molar-refractivity contribution in [1.82, 2.24) is 0 Å². The number of halogens is 4. The van der Waals surface area contributed by atoms with Crippen molar-refractivity contribution in [2.45, 2.75) is 18.7 Å². The van der Waals surface area contributed by atoms with Crippen LogP contribution in [0.25, 0.3) is 0 Å². The number of amides is 1. The highest BCUT2D eigenvalue weighted by atomic mass is 35.5. The van der Waals surface area contributed by atoms with Crippen molar-refractivity contribution in [1.29, 1.82) is 0 Å². The number of nitrogens with one attached hydrogen (secondary N) is 1. The fraction of sp³-hybridized carbons (Fsp3) is 0.308. The van der Waals surface area contributed by atoms with E-state index in [9.17, 15) is 27.9 Å². The van der Waals surface area contributed by atoms with Crippen LogP contribution in [-0.2, 0) is 20.0 Å². The van der Waals surface area contributed by atoms with E-state index in [0.717, 1.165) is 24.3 Å². The number of nitrogens with zero attached hydrogens (tertiary/aromatic N) is 1. The summed E-state index contributed by atoms with van der Waals surface area (Å²) in [4.78, 5) is 27.0. The van der Waals surface area contributed by atoms with E-state index in [1.54, 1.807) is 0 Å². The lowest BCUT2D eigenvalue weighted by molar-refractivity contribution is -0.266. The average Bonchev–Trinajstić information content (AvgIpc) is 2.51. The molecule has 24 heavy (non-hydrogen) atoms. The van der Waals surface area contributed by atoms with E-state index in [4.69, 9.17) is 11.6 Å². The van der Waals surface area contributed by atoms with Crippen LogP contribution >= 0.6 is 11.6 Å². The summed E-state index contributed by atoms with van der Waals surface area (Å²) in [7, 11) is 0.713. The van der Waals surface area contributed by atoms with Crippen molar-refractivity contribution in [3.63, 3.8) is 0 Å². The van der Waals surface area contributed by atoms with Crippen LogP contribution in [0.5, 0.6) is 0 Å². The monoisotopic (exact) mass is 368 g/mol. The quantitative estimate of drug-likeness (QED) is 0.368. The van der Waals surface area contributed by atoms with Gasteiger partial charge in [0, 0.05) is 11.3 Å². The number of methoxy groups -OCH3 is 1. The van der Waals surface area contributed by atoms with Gasteiger partial charge >= 0.3 is 18.2 Å². The maximum Gasteiger partial charge on any atom is 0.437 e. The van der Waals surface area contributed by atoms with Gasteiger partial charge in [0.25, 0.3) is 5.60 Å². The highest BCUT2D eigenvalue weighted by Crippen LogP contribution is 2.40. The number of anilines is 1. The molecule has 0 aliphatic rings. The van der Waals surface area contributed by atoms with Crippen LogP contribution in [0, 0.1) is 0 Å². The van der Waals surface area contributed by atoms with E-state index in [1.807, 2.05) is 0 Å². The van der Waals surface area contributed by atoms with Crippen LogP contribution in [0.2, 0.25) is 0 Å². The number of hydrogen-bond acceptors (Lipinski definition) is 6. The molecule has 1 aromatic carbocycles. The molecule has 1 unspecified atom stereocenters. The maximum absolute atomic E-state index is 13.0. The van der Waals surface area contributed by atoms with E-state index in [-0.39, 0.29) is 10.9 Å². The Balaban J connectivity index is 3.02. The summed E-state index contributed by atoms with van der Waals surface area (Å²) in [6, 6.07) is 3.65. The molecule has 0 aliphatic carbocycles. The van der Waals surface area contributed by atoms with Gasteiger partial charge in [-0.1, -0.05) is 28.9 Å². The molecule has 11 heteroatoms. The summed E-state index contributed by atoms with van der Waals surface area (Å²) < 4.78 is 43.2. The number of ether oxygens (including phenoxy) is 1. The molecule has 1 atom stereocenters. The fourth-order valence-electron chi connectivity index (χ4n) is 1.58. The molecule has 0 aliphatic heterocycles. The van der Waals surface area contributed by atoms with Gasteiger partial charge in [0.1, 0.15) is 5.17 Å². The van der Waals surface area contributed by atoms with Gasteiger partial charge in [-0.25, -0.2) is 9.59 Å². The number of hydrogen-bond donors (Lipinski definition) is 2. The molecule has 0 radical (unpaired) electrons. The Morgan fingerprint density at radius 2 is 1.79 bits per heavy atom. The van der Waals surface area contributed by atoms with Crippen LogP contribution < -0.4 is 5.32 Å². The van der Waals surface area contributed by atoms with E-state index in [1.165, 1.54) is 6.92 Å². The molecule has 132 valence electrons. The van der Waals surface area contributed by atoms with Crippen molar-refractivity contribution in [2.24, 2.45) is 5.16 Å². The Morgan fingerprint density at radius 3 is 2.21 bits per heavy atom. The molecule has 1 amide bonds. The number of oxime groups is 1. The van der Waals surface area contributed by atoms with Gasteiger partial charge in [-0.15, -0.1) is 0 Å². The number of alkyl halides is 3. The molecular formula is C13H12ClF3N2O5. The Bertz CT molecular complexity index is 644. The van der Waals surface area contributed by atoms with Gasteiger partial charge in [0.15, 0.2) is 0 Å². The molecule has 0 saturated heterocycles. The summed E-state index contributed by atoms with van der Waals surface area (Å²) in [5, 5.41) is 15.0. The summed E-state index contributed by atoms with van der Waals surface area (Å²) in [5.41, 5.74) is -4.59. The largest absolute Gasteiger partial charge is 0.466 e. The first-order valence-electron chi connectivity index (χ1n) is 6.18. The van der Waals surface area contributed by atoms with Crippen molar-refractivity contribution >= 4 is 34.5 Å². The van der Waals surface area contributed by atoms with Crippen LogP contribution in [0.4, 0.5) is 23.7 Å². The highest BCUT2D eigenvalue weighted by Gasteiger charge is 2.62. The summed E-state index contributed by atoms with van der Waals surface area (Å²) in [6.07, 6.45) is -6.35. The lowest BCUT2D eigenvalue weighted by atomic mass is 9.93. The lowest BCUT2D eigenvalue weighted by Gasteiger charge is -2.28. The summed E-state index contributed by atoms with van der Waals surface area (Å²) >= 11 is 5.35. The lowest BCUT2D eigenvalue weighted by Crippen LogP contribution is -2.49. The first-order valence-corrected chi connectivity index (χ1v) is 6.56.